The van der Waals surface area contributed by atoms with Crippen molar-refractivity contribution in [2.24, 2.45) is 0 Å². The van der Waals surface area contributed by atoms with Crippen molar-refractivity contribution in [1.82, 2.24) is 0 Å². The summed E-state index contributed by atoms with van der Waals surface area (Å²) in [4.78, 5) is 0. The number of benzene rings is 9. The van der Waals surface area contributed by atoms with E-state index in [2.05, 4.69) is 235 Å². The first-order chi connectivity index (χ1) is 41.0. The number of fused-ring (bicyclic) bond motifs is 12. The normalized spacial score (nSPS) is 15.2. The molecule has 13 rings (SSSR count). The molecule has 0 nitrogen and oxygen atoms in total. The van der Waals surface area contributed by atoms with Crippen LogP contribution in [0.4, 0.5) is 0 Å². The largest absolute Gasteiger partial charge is 0.0654 e. The van der Waals surface area contributed by atoms with E-state index in [4.69, 9.17) is 0 Å². The van der Waals surface area contributed by atoms with Crippen LogP contribution >= 0.6 is 0 Å². The third kappa shape index (κ3) is 10.2. The molecule has 0 spiro atoms. The first-order valence-electron chi connectivity index (χ1n) is 33.2. The summed E-state index contributed by atoms with van der Waals surface area (Å²) in [6.45, 7) is 28.4. The standard InChI is InChI=1S/C78H86.C7H8/c1-12-15-17-19-21-25-41-78(42-26-22-20-18-16-13-2)66-28-24-23-27-58(66)63-39-33-56(47-72(63)78)55-32-38-60-59-36-30-53(44-68(59)75(6,7)69(60)46-55)54-31-37-61-62-40-34-57(48-71(62)76(8,9)70(61)45-54)65-49-73-74(51(5)50(65)4)64-35-29-52(14-3)43-67(64)77(73,10)11;1-7-5-3-2-4-6-7/h23-24,27-40,43-49H,12-22,25-26,41-42H2,1-11H3;2-6H,1H3. The minimum atomic E-state index is -0.145. The fourth-order valence-corrected chi connectivity index (χ4v) is 16.2. The van der Waals surface area contributed by atoms with Crippen LogP contribution in [-0.2, 0) is 28.1 Å². The lowest BCUT2D eigenvalue weighted by atomic mass is 9.70. The van der Waals surface area contributed by atoms with Gasteiger partial charge in [0.1, 0.15) is 0 Å². The fourth-order valence-electron chi connectivity index (χ4n) is 16.2. The van der Waals surface area contributed by atoms with Gasteiger partial charge in [0.2, 0.25) is 0 Å². The Kier molecular flexibility index (Phi) is 16.0. The smallest absolute Gasteiger partial charge is 0.0215 e. The molecule has 9 aromatic rings. The quantitative estimate of drug-likeness (QED) is 0.0751. The average molecular weight is 1120 g/mol. The molecule has 0 aliphatic heterocycles. The monoisotopic (exact) mass is 1110 g/mol. The molecule has 0 heterocycles. The summed E-state index contributed by atoms with van der Waals surface area (Å²) in [5.41, 5.74) is 36.4. The summed E-state index contributed by atoms with van der Waals surface area (Å²) in [6, 6.07) is 66.5. The predicted molar refractivity (Wildman–Crippen MR) is 368 cm³/mol. The van der Waals surface area contributed by atoms with Gasteiger partial charge in [-0.3, -0.25) is 0 Å². The van der Waals surface area contributed by atoms with E-state index >= 15 is 0 Å². The minimum absolute atomic E-state index is 0.0474. The SMILES string of the molecule is CCCCCCCCC1(CCCCCCCC)c2ccccc2-c2ccc(-c3ccc4c(c3)C(C)(C)c3cc(-c5ccc6c(c5)C(C)(C)c5cc(-c7cc8c(c(C)c7C)-c7ccc(CC)cc7C8(C)C)ccc5-6)ccc3-4)cc21.Cc1ccccc1. The number of unbranched alkanes of at least 4 members (excludes halogenated alkanes) is 10. The fraction of sp³-hybridized carbons (Fsp3) is 0.365. The first-order valence-corrected chi connectivity index (χ1v) is 33.2. The molecule has 85 heavy (non-hydrogen) atoms. The van der Waals surface area contributed by atoms with Gasteiger partial charge in [-0.1, -0.05) is 278 Å². The van der Waals surface area contributed by atoms with Gasteiger partial charge in [0.05, 0.1) is 0 Å². The van der Waals surface area contributed by atoms with Crippen molar-refractivity contribution < 1.29 is 0 Å². The maximum atomic E-state index is 2.64. The molecule has 9 aromatic carbocycles. The van der Waals surface area contributed by atoms with E-state index in [0.29, 0.717) is 0 Å². The zero-order valence-electron chi connectivity index (χ0n) is 53.8. The van der Waals surface area contributed by atoms with Crippen molar-refractivity contribution in [1.29, 1.82) is 0 Å². The van der Waals surface area contributed by atoms with Crippen molar-refractivity contribution >= 4 is 0 Å². The van der Waals surface area contributed by atoms with Gasteiger partial charge in [-0.15, -0.1) is 0 Å². The predicted octanol–water partition coefficient (Wildman–Crippen LogP) is 24.5. The van der Waals surface area contributed by atoms with Crippen LogP contribution in [0.25, 0.3) is 77.9 Å². The Morgan fingerprint density at radius 3 is 1.15 bits per heavy atom. The summed E-state index contributed by atoms with van der Waals surface area (Å²) in [5, 5.41) is 0. The van der Waals surface area contributed by atoms with E-state index in [0.717, 1.165) is 6.42 Å². The van der Waals surface area contributed by atoms with Crippen LogP contribution in [0.2, 0.25) is 0 Å². The third-order valence-electron chi connectivity index (χ3n) is 21.5. The highest BCUT2D eigenvalue weighted by molar-refractivity contribution is 5.92. The summed E-state index contributed by atoms with van der Waals surface area (Å²) in [6.07, 6.45) is 19.6. The van der Waals surface area contributed by atoms with Gasteiger partial charge in [-0.05, 0) is 216 Å². The Balaban J connectivity index is 0.000000946. The molecule has 4 aliphatic carbocycles. The Morgan fingerprint density at radius 1 is 0.282 bits per heavy atom. The highest BCUT2D eigenvalue weighted by Crippen LogP contribution is 2.58. The summed E-state index contributed by atoms with van der Waals surface area (Å²) in [7, 11) is 0. The summed E-state index contributed by atoms with van der Waals surface area (Å²) in [5.74, 6) is 0. The van der Waals surface area contributed by atoms with Gasteiger partial charge in [0, 0.05) is 21.7 Å². The zero-order chi connectivity index (χ0) is 59.4. The van der Waals surface area contributed by atoms with Crippen molar-refractivity contribution in [2.75, 3.05) is 0 Å². The van der Waals surface area contributed by atoms with Crippen LogP contribution in [0.5, 0.6) is 0 Å². The molecule has 0 radical (unpaired) electrons. The maximum absolute atomic E-state index is 2.64. The molecule has 0 bridgehead atoms. The van der Waals surface area contributed by atoms with Gasteiger partial charge in [-0.25, -0.2) is 0 Å². The van der Waals surface area contributed by atoms with E-state index in [1.54, 1.807) is 11.1 Å². The maximum Gasteiger partial charge on any atom is 0.0215 e. The molecule has 0 atom stereocenters. The Bertz CT molecular complexity index is 3940. The highest BCUT2D eigenvalue weighted by atomic mass is 14.5. The molecule has 4 aliphatic rings. The van der Waals surface area contributed by atoms with Crippen LogP contribution < -0.4 is 0 Å². The van der Waals surface area contributed by atoms with Crippen LogP contribution in [0.1, 0.15) is 219 Å². The summed E-state index contributed by atoms with van der Waals surface area (Å²) >= 11 is 0. The van der Waals surface area contributed by atoms with E-state index in [1.807, 2.05) is 18.2 Å². The van der Waals surface area contributed by atoms with Crippen LogP contribution in [0.15, 0.2) is 170 Å². The van der Waals surface area contributed by atoms with E-state index in [1.165, 1.54) is 223 Å². The van der Waals surface area contributed by atoms with Gasteiger partial charge < -0.3 is 0 Å². The van der Waals surface area contributed by atoms with Gasteiger partial charge in [-0.2, -0.15) is 0 Å². The van der Waals surface area contributed by atoms with E-state index in [-0.39, 0.29) is 21.7 Å². The van der Waals surface area contributed by atoms with Crippen molar-refractivity contribution in [3.63, 3.8) is 0 Å². The van der Waals surface area contributed by atoms with Gasteiger partial charge in [0.15, 0.2) is 0 Å². The molecule has 434 valence electrons. The van der Waals surface area contributed by atoms with E-state index in [9.17, 15) is 0 Å². The second kappa shape index (κ2) is 23.3. The zero-order valence-corrected chi connectivity index (χ0v) is 53.8. The average Bonchev–Trinajstić information content (AvgIpc) is 1.82. The van der Waals surface area contributed by atoms with Crippen molar-refractivity contribution in [3.05, 3.63) is 237 Å². The minimum Gasteiger partial charge on any atom is -0.0654 e. The second-order valence-electron chi connectivity index (χ2n) is 27.8. The van der Waals surface area contributed by atoms with Crippen LogP contribution in [-0.4, -0.2) is 0 Å². The molecule has 0 saturated carbocycles. The third-order valence-corrected chi connectivity index (χ3v) is 21.5. The number of hydrogen-bond acceptors (Lipinski definition) is 0. The topological polar surface area (TPSA) is 0 Å². The Morgan fingerprint density at radius 2 is 0.671 bits per heavy atom. The molecule has 0 saturated heterocycles. The highest BCUT2D eigenvalue weighted by Gasteiger charge is 2.44. The van der Waals surface area contributed by atoms with Crippen LogP contribution in [0.3, 0.4) is 0 Å². The van der Waals surface area contributed by atoms with Gasteiger partial charge in [0.25, 0.3) is 0 Å². The molecule has 0 aromatic heterocycles. The summed E-state index contributed by atoms with van der Waals surface area (Å²) < 4.78 is 0. The van der Waals surface area contributed by atoms with Crippen LogP contribution in [0, 0.1) is 20.8 Å². The molecular weight excluding hydrogens is 1020 g/mol. The second-order valence-corrected chi connectivity index (χ2v) is 27.8. The molecule has 0 fully saturated rings. The number of rotatable bonds is 18. The van der Waals surface area contributed by atoms with Gasteiger partial charge >= 0.3 is 0 Å². The van der Waals surface area contributed by atoms with E-state index < -0.39 is 0 Å². The molecule has 0 heteroatoms. The molecule has 0 N–H and O–H groups in total. The van der Waals surface area contributed by atoms with Crippen molar-refractivity contribution in [2.45, 2.75) is 201 Å². The number of aryl methyl sites for hydroxylation is 2. The number of hydrogen-bond donors (Lipinski definition) is 0. The lowest BCUT2D eigenvalue weighted by molar-refractivity contribution is 0.398. The lowest BCUT2D eigenvalue weighted by Crippen LogP contribution is -2.25. The van der Waals surface area contributed by atoms with Crippen molar-refractivity contribution in [3.8, 4) is 77.9 Å². The lowest BCUT2D eigenvalue weighted by Gasteiger charge is -2.33. The molecule has 0 amide bonds. The Labute approximate surface area is 512 Å². The molecular formula is C85H94. The Hall–Kier alpha value is -7.02. The first kappa shape index (κ1) is 58.4. The molecule has 0 unspecified atom stereocenters.